The van der Waals surface area contributed by atoms with Gasteiger partial charge in [0.15, 0.2) is 12.3 Å². The van der Waals surface area contributed by atoms with E-state index in [1.807, 2.05) is 0 Å². The molecule has 4 unspecified atom stereocenters. The molecule has 0 spiro atoms. The molecule has 0 bridgehead atoms. The molecule has 0 fully saturated rings. The minimum atomic E-state index is -2.18. The molecule has 2 aliphatic rings. The number of fused-ring (bicyclic) bond motifs is 2. The maximum Gasteiger partial charge on any atom is 0.184 e. The number of benzene rings is 2. The van der Waals surface area contributed by atoms with E-state index in [1.165, 1.54) is 12.3 Å². The van der Waals surface area contributed by atoms with Crippen LogP contribution >= 0.6 is 0 Å². The quantitative estimate of drug-likeness (QED) is 0.529. The lowest BCUT2D eigenvalue weighted by molar-refractivity contribution is -0.0251. The van der Waals surface area contributed by atoms with Gasteiger partial charge in [0.2, 0.25) is 0 Å². The van der Waals surface area contributed by atoms with Crippen LogP contribution < -0.4 is 4.84 Å². The van der Waals surface area contributed by atoms with Crippen molar-refractivity contribution < 1.29 is 26.8 Å². The zero-order valence-electron chi connectivity index (χ0n) is 16.8. The third-order valence-corrected chi connectivity index (χ3v) is 6.05. The van der Waals surface area contributed by atoms with Gasteiger partial charge < -0.3 is 4.84 Å². The van der Waals surface area contributed by atoms with Crippen LogP contribution in [0.5, 0.6) is 0 Å². The highest BCUT2D eigenvalue weighted by Gasteiger charge is 2.44. The van der Waals surface area contributed by atoms with E-state index in [1.54, 1.807) is 12.1 Å². The molecule has 2 heterocycles. The summed E-state index contributed by atoms with van der Waals surface area (Å²) in [5.74, 6) is -1.53. The Morgan fingerprint density at radius 1 is 1.28 bits per heavy atom. The number of alkyl halides is 3. The second-order valence-electron chi connectivity index (χ2n) is 8.01. The summed E-state index contributed by atoms with van der Waals surface area (Å²) in [4.78, 5) is 6.66. The van der Waals surface area contributed by atoms with E-state index in [-0.39, 0.29) is 35.1 Å². The van der Waals surface area contributed by atoms with Crippen LogP contribution in [0.1, 0.15) is 52.6 Å². The van der Waals surface area contributed by atoms with Gasteiger partial charge in [0.1, 0.15) is 29.7 Å². The average molecular weight is 445 g/mol. The Bertz CT molecular complexity index is 1280. The Balaban J connectivity index is 1.69. The van der Waals surface area contributed by atoms with Crippen molar-refractivity contribution >= 4 is 0 Å². The van der Waals surface area contributed by atoms with Crippen LogP contribution in [-0.2, 0) is 12.8 Å². The molecule has 1 aliphatic carbocycles. The van der Waals surface area contributed by atoms with Crippen molar-refractivity contribution in [3.05, 3.63) is 75.5 Å². The van der Waals surface area contributed by atoms with Gasteiger partial charge in [-0.05, 0) is 59.9 Å². The maximum absolute atomic E-state index is 15.3. The predicted octanol–water partition coefficient (Wildman–Crippen LogP) is 5.04. The predicted molar refractivity (Wildman–Crippen MR) is 104 cm³/mol. The van der Waals surface area contributed by atoms with Crippen LogP contribution in [0.3, 0.4) is 0 Å². The van der Waals surface area contributed by atoms with E-state index in [2.05, 4.69) is 5.10 Å². The maximum atomic E-state index is 15.3. The van der Waals surface area contributed by atoms with E-state index in [4.69, 9.17) is 4.84 Å². The van der Waals surface area contributed by atoms with Crippen molar-refractivity contribution in [3.8, 4) is 17.3 Å². The molecule has 1 aliphatic heterocycles. The standard InChI is InChI=1S/C23H16F5N3O/c1-10(24)22(28)16-7-13(25)4-12(9-29)14(16)5-11-6-17(26)21-19-2-3-30-31(19)32-23-18(27)8-15(11)20(21)23/h2-4,6-7,10,18,22-23H,5,8H2,1H3. The Labute approximate surface area is 179 Å². The minimum absolute atomic E-state index is 0.0436. The summed E-state index contributed by atoms with van der Waals surface area (Å²) in [5, 5.41) is 13.4. The van der Waals surface area contributed by atoms with Crippen LogP contribution in [0, 0.1) is 23.0 Å². The highest BCUT2D eigenvalue weighted by atomic mass is 19.2. The molecule has 4 atom stereocenters. The third kappa shape index (κ3) is 2.97. The second kappa shape index (κ2) is 7.33. The number of rotatable bonds is 4. The Hall–Kier alpha value is -3.41. The molecule has 3 aromatic rings. The summed E-state index contributed by atoms with van der Waals surface area (Å²) in [5.41, 5.74) is 1.20. The number of halogens is 5. The van der Waals surface area contributed by atoms with Gasteiger partial charge in [0, 0.05) is 17.5 Å². The first-order valence-electron chi connectivity index (χ1n) is 10.0. The summed E-state index contributed by atoms with van der Waals surface area (Å²) in [7, 11) is 0. The van der Waals surface area contributed by atoms with Crippen molar-refractivity contribution in [2.45, 2.75) is 44.4 Å². The fourth-order valence-electron chi connectivity index (χ4n) is 4.64. The molecule has 0 saturated heterocycles. The van der Waals surface area contributed by atoms with Gasteiger partial charge >= 0.3 is 0 Å². The van der Waals surface area contributed by atoms with Gasteiger partial charge in [-0.3, -0.25) is 0 Å². The normalized spacial score (nSPS) is 20.2. The molecule has 164 valence electrons. The molecular weight excluding hydrogens is 429 g/mol. The summed E-state index contributed by atoms with van der Waals surface area (Å²) in [6.45, 7) is 0.988. The third-order valence-electron chi connectivity index (χ3n) is 6.05. The van der Waals surface area contributed by atoms with Gasteiger partial charge in [-0.2, -0.15) is 5.26 Å². The van der Waals surface area contributed by atoms with Crippen molar-refractivity contribution in [1.29, 1.82) is 5.26 Å². The smallest absolute Gasteiger partial charge is 0.184 e. The van der Waals surface area contributed by atoms with Crippen molar-refractivity contribution in [3.63, 3.8) is 0 Å². The number of hydrogen-bond donors (Lipinski definition) is 0. The Kier molecular flexibility index (Phi) is 4.69. The number of aromatic nitrogens is 2. The van der Waals surface area contributed by atoms with E-state index < -0.39 is 36.3 Å². The highest BCUT2D eigenvalue weighted by molar-refractivity contribution is 5.71. The lowest BCUT2D eigenvalue weighted by atomic mass is 9.87. The zero-order valence-corrected chi connectivity index (χ0v) is 16.8. The molecule has 4 nitrogen and oxygen atoms in total. The minimum Gasteiger partial charge on any atom is -0.385 e. The van der Waals surface area contributed by atoms with Crippen LogP contribution in [0.15, 0.2) is 30.5 Å². The number of nitriles is 1. The molecule has 1 aromatic heterocycles. The largest absolute Gasteiger partial charge is 0.385 e. The molecule has 9 heteroatoms. The number of hydrogen-bond acceptors (Lipinski definition) is 3. The van der Waals surface area contributed by atoms with Crippen LogP contribution in [0.25, 0.3) is 11.3 Å². The van der Waals surface area contributed by atoms with Crippen molar-refractivity contribution in [2.75, 3.05) is 0 Å². The lowest BCUT2D eigenvalue weighted by Gasteiger charge is -2.26. The molecule has 32 heavy (non-hydrogen) atoms. The van der Waals surface area contributed by atoms with E-state index in [0.717, 1.165) is 23.9 Å². The summed E-state index contributed by atoms with van der Waals surface area (Å²) in [6, 6.07) is 6.31. The molecule has 0 N–H and O–H groups in total. The van der Waals surface area contributed by atoms with Crippen LogP contribution in [0.4, 0.5) is 22.0 Å². The van der Waals surface area contributed by atoms with Crippen LogP contribution in [0.2, 0.25) is 0 Å². The van der Waals surface area contributed by atoms with Gasteiger partial charge in [0.05, 0.1) is 17.8 Å². The summed E-state index contributed by atoms with van der Waals surface area (Å²) in [6.07, 6.45) is -5.52. The monoisotopic (exact) mass is 445 g/mol. The molecule has 0 amide bonds. The lowest BCUT2D eigenvalue weighted by Crippen LogP contribution is -2.28. The average Bonchev–Trinajstić information content (AvgIpc) is 3.36. The van der Waals surface area contributed by atoms with E-state index >= 15 is 4.39 Å². The summed E-state index contributed by atoms with van der Waals surface area (Å²) < 4.78 is 72.5. The molecule has 2 aromatic carbocycles. The summed E-state index contributed by atoms with van der Waals surface area (Å²) >= 11 is 0. The highest BCUT2D eigenvalue weighted by Crippen LogP contribution is 2.47. The molecular formula is C23H16F5N3O. The topological polar surface area (TPSA) is 50.8 Å². The first kappa shape index (κ1) is 20.5. The van der Waals surface area contributed by atoms with E-state index in [9.17, 15) is 22.8 Å². The van der Waals surface area contributed by atoms with E-state index in [0.29, 0.717) is 22.4 Å². The van der Waals surface area contributed by atoms with Gasteiger partial charge in [-0.25, -0.2) is 22.0 Å². The fraction of sp³-hybridized carbons (Fsp3) is 0.304. The van der Waals surface area contributed by atoms with Crippen molar-refractivity contribution in [1.82, 2.24) is 9.94 Å². The Morgan fingerprint density at radius 3 is 2.78 bits per heavy atom. The SMILES string of the molecule is CC(F)C(F)c1cc(F)cc(C#N)c1Cc1cc(F)c2c3c1CC(F)C3On1nccc1-2. The Morgan fingerprint density at radius 2 is 2.06 bits per heavy atom. The fourth-order valence-corrected chi connectivity index (χ4v) is 4.64. The van der Waals surface area contributed by atoms with Gasteiger partial charge in [-0.1, -0.05) is 4.85 Å². The first-order valence-corrected chi connectivity index (χ1v) is 10.0. The van der Waals surface area contributed by atoms with Crippen molar-refractivity contribution in [2.24, 2.45) is 0 Å². The van der Waals surface area contributed by atoms with Gasteiger partial charge in [-0.15, -0.1) is 5.10 Å². The zero-order chi connectivity index (χ0) is 22.7. The van der Waals surface area contributed by atoms with Gasteiger partial charge in [0.25, 0.3) is 0 Å². The molecule has 5 rings (SSSR count). The number of nitrogens with zero attached hydrogens (tertiary/aromatic N) is 3. The molecule has 0 saturated carbocycles. The second-order valence-corrected chi connectivity index (χ2v) is 8.01. The molecule has 0 radical (unpaired) electrons. The van der Waals surface area contributed by atoms with Crippen LogP contribution in [-0.4, -0.2) is 22.3 Å². The first-order chi connectivity index (χ1) is 15.3.